The van der Waals surface area contributed by atoms with Gasteiger partial charge in [-0.2, -0.15) is 4.98 Å². The van der Waals surface area contributed by atoms with Gasteiger partial charge < -0.3 is 20.4 Å². The maximum atomic E-state index is 12.6. The number of carbonyl (C=O) groups is 1. The van der Waals surface area contributed by atoms with Crippen LogP contribution in [0, 0.1) is 0 Å². The average Bonchev–Trinajstić information content (AvgIpc) is 2.72. The molecule has 0 unspecified atom stereocenters. The van der Waals surface area contributed by atoms with Crippen LogP contribution in [0.4, 0.5) is 11.8 Å². The van der Waals surface area contributed by atoms with Crippen LogP contribution in [0.3, 0.4) is 0 Å². The predicted octanol–water partition coefficient (Wildman–Crippen LogP) is 0.595. The lowest BCUT2D eigenvalue weighted by Crippen LogP contribution is -2.57. The van der Waals surface area contributed by atoms with Gasteiger partial charge in [0.1, 0.15) is 11.9 Å². The van der Waals surface area contributed by atoms with Crippen molar-refractivity contribution in [2.24, 2.45) is 0 Å². The Hall–Kier alpha value is -2.74. The first-order valence-electron chi connectivity index (χ1n) is 9.27. The first-order chi connectivity index (χ1) is 13.1. The second-order valence-corrected chi connectivity index (χ2v) is 6.79. The predicted molar refractivity (Wildman–Crippen MR) is 106 cm³/mol. The summed E-state index contributed by atoms with van der Waals surface area (Å²) in [5.74, 6) is 1.56. The topological polar surface area (TPSA) is 86.3 Å². The summed E-state index contributed by atoms with van der Waals surface area (Å²) in [4.78, 5) is 29.9. The van der Waals surface area contributed by atoms with E-state index in [1.54, 1.807) is 12.4 Å². The molecule has 8 heteroatoms. The number of anilines is 2. The first kappa shape index (κ1) is 19.0. The Balaban J connectivity index is 1.67. The minimum Gasteiger partial charge on any atom is -0.353 e. The number of amides is 1. The zero-order chi connectivity index (χ0) is 19.2. The van der Waals surface area contributed by atoms with Crippen LogP contribution in [0.1, 0.15) is 18.2 Å². The molecular formula is C19H27N7O. The van der Waals surface area contributed by atoms with Crippen LogP contribution in [-0.4, -0.2) is 60.6 Å². The third kappa shape index (κ3) is 4.91. The number of hydrogen-bond donors (Lipinski definition) is 2. The second-order valence-electron chi connectivity index (χ2n) is 6.79. The van der Waals surface area contributed by atoms with Gasteiger partial charge in [0.2, 0.25) is 11.9 Å². The van der Waals surface area contributed by atoms with Crippen LogP contribution >= 0.6 is 0 Å². The van der Waals surface area contributed by atoms with Crippen LogP contribution in [0.25, 0.3) is 0 Å². The highest BCUT2D eigenvalue weighted by atomic mass is 16.2. The molecule has 2 N–H and O–H groups in total. The number of aryl methyl sites for hydroxylation is 1. The zero-order valence-corrected chi connectivity index (χ0v) is 16.1. The van der Waals surface area contributed by atoms with Crippen molar-refractivity contribution in [1.29, 1.82) is 0 Å². The molecule has 0 spiro atoms. The molecule has 0 aromatic carbocycles. The van der Waals surface area contributed by atoms with Crippen LogP contribution in [-0.2, 0) is 17.8 Å². The molecule has 0 bridgehead atoms. The minimum absolute atomic E-state index is 0.00545. The Labute approximate surface area is 160 Å². The summed E-state index contributed by atoms with van der Waals surface area (Å²) in [5, 5.41) is 6.30. The molecule has 3 rings (SSSR count). The van der Waals surface area contributed by atoms with Gasteiger partial charge in [-0.15, -0.1) is 0 Å². The van der Waals surface area contributed by atoms with Gasteiger partial charge in [-0.25, -0.2) is 4.98 Å². The standard InChI is InChI=1S/C19H27N7O/c1-4-15-11-17(24-19(23-15)25(2)3)26-10-9-21-16(13-26)18(27)22-12-14-5-7-20-8-6-14/h5-8,11,16,21H,4,9-10,12-13H2,1-3H3,(H,22,27)/t16-/m1/s1. The highest BCUT2D eigenvalue weighted by Crippen LogP contribution is 2.18. The van der Waals surface area contributed by atoms with Crippen molar-refractivity contribution in [1.82, 2.24) is 25.6 Å². The molecule has 1 aliphatic rings. The normalized spacial score (nSPS) is 16.9. The lowest BCUT2D eigenvalue weighted by atomic mass is 10.1. The minimum atomic E-state index is -0.275. The van der Waals surface area contributed by atoms with Crippen molar-refractivity contribution in [3.63, 3.8) is 0 Å². The number of nitrogens with zero attached hydrogens (tertiary/aromatic N) is 5. The van der Waals surface area contributed by atoms with Crippen molar-refractivity contribution < 1.29 is 4.79 Å². The molecule has 2 aromatic rings. The van der Waals surface area contributed by atoms with Crippen molar-refractivity contribution in [2.75, 3.05) is 43.5 Å². The maximum absolute atomic E-state index is 12.6. The molecule has 8 nitrogen and oxygen atoms in total. The molecule has 2 aromatic heterocycles. The summed E-state index contributed by atoms with van der Waals surface area (Å²) in [6, 6.07) is 5.54. The molecule has 3 heterocycles. The van der Waals surface area contributed by atoms with E-state index >= 15 is 0 Å². The number of rotatable bonds is 6. The van der Waals surface area contributed by atoms with Crippen molar-refractivity contribution in [3.8, 4) is 0 Å². The summed E-state index contributed by atoms with van der Waals surface area (Å²) in [5.41, 5.74) is 2.03. The molecule has 0 saturated carbocycles. The highest BCUT2D eigenvalue weighted by Gasteiger charge is 2.26. The molecule has 1 atom stereocenters. The highest BCUT2D eigenvalue weighted by molar-refractivity contribution is 5.82. The molecule has 1 fully saturated rings. The van der Waals surface area contributed by atoms with E-state index < -0.39 is 0 Å². The molecule has 1 saturated heterocycles. The molecule has 0 radical (unpaired) electrons. The first-order valence-corrected chi connectivity index (χ1v) is 9.27. The van der Waals surface area contributed by atoms with Gasteiger partial charge >= 0.3 is 0 Å². The smallest absolute Gasteiger partial charge is 0.239 e. The van der Waals surface area contributed by atoms with E-state index in [2.05, 4.69) is 37.4 Å². The van der Waals surface area contributed by atoms with E-state index in [4.69, 9.17) is 0 Å². The van der Waals surface area contributed by atoms with Crippen LogP contribution in [0.15, 0.2) is 30.6 Å². The van der Waals surface area contributed by atoms with E-state index in [0.717, 1.165) is 36.6 Å². The number of pyridine rings is 1. The third-order valence-electron chi connectivity index (χ3n) is 4.55. The number of piperazine rings is 1. The van der Waals surface area contributed by atoms with E-state index in [9.17, 15) is 4.79 Å². The number of aromatic nitrogens is 3. The van der Waals surface area contributed by atoms with Gasteiger partial charge in [-0.1, -0.05) is 6.92 Å². The van der Waals surface area contributed by atoms with E-state index in [-0.39, 0.29) is 11.9 Å². The lowest BCUT2D eigenvalue weighted by Gasteiger charge is -2.34. The van der Waals surface area contributed by atoms with E-state index in [0.29, 0.717) is 19.0 Å². The average molecular weight is 369 g/mol. The maximum Gasteiger partial charge on any atom is 0.239 e. The van der Waals surface area contributed by atoms with Crippen molar-refractivity contribution in [2.45, 2.75) is 25.9 Å². The summed E-state index contributed by atoms with van der Waals surface area (Å²) in [7, 11) is 3.87. The summed E-state index contributed by atoms with van der Waals surface area (Å²) < 4.78 is 0. The van der Waals surface area contributed by atoms with Gasteiger partial charge in [0.05, 0.1) is 0 Å². The molecule has 0 aliphatic carbocycles. The summed E-state index contributed by atoms with van der Waals surface area (Å²) in [6.07, 6.45) is 4.30. The Morgan fingerprint density at radius 1 is 1.33 bits per heavy atom. The molecule has 1 amide bonds. The van der Waals surface area contributed by atoms with Crippen LogP contribution < -0.4 is 20.4 Å². The fraction of sp³-hybridized carbons (Fsp3) is 0.474. The quantitative estimate of drug-likeness (QED) is 0.771. The summed E-state index contributed by atoms with van der Waals surface area (Å²) in [6.45, 7) is 4.70. The Kier molecular flexibility index (Phi) is 6.18. The van der Waals surface area contributed by atoms with Crippen LogP contribution in [0.2, 0.25) is 0 Å². The monoisotopic (exact) mass is 369 g/mol. The van der Waals surface area contributed by atoms with E-state index in [1.807, 2.05) is 37.2 Å². The fourth-order valence-corrected chi connectivity index (χ4v) is 2.96. The van der Waals surface area contributed by atoms with Crippen molar-refractivity contribution >= 4 is 17.7 Å². The van der Waals surface area contributed by atoms with Gasteiger partial charge in [-0.3, -0.25) is 9.78 Å². The van der Waals surface area contributed by atoms with Gasteiger partial charge in [0.15, 0.2) is 0 Å². The largest absolute Gasteiger partial charge is 0.353 e. The molecule has 27 heavy (non-hydrogen) atoms. The number of nitrogens with one attached hydrogen (secondary N) is 2. The number of hydrogen-bond acceptors (Lipinski definition) is 7. The van der Waals surface area contributed by atoms with Gasteiger partial charge in [-0.05, 0) is 24.1 Å². The fourth-order valence-electron chi connectivity index (χ4n) is 2.96. The van der Waals surface area contributed by atoms with Crippen LogP contribution in [0.5, 0.6) is 0 Å². The molecule has 144 valence electrons. The molecule has 1 aliphatic heterocycles. The molecular weight excluding hydrogens is 342 g/mol. The Morgan fingerprint density at radius 3 is 2.81 bits per heavy atom. The third-order valence-corrected chi connectivity index (χ3v) is 4.55. The summed E-state index contributed by atoms with van der Waals surface area (Å²) >= 11 is 0. The Morgan fingerprint density at radius 2 is 2.11 bits per heavy atom. The van der Waals surface area contributed by atoms with Gasteiger partial charge in [0, 0.05) is 64.4 Å². The second kappa shape index (κ2) is 8.77. The van der Waals surface area contributed by atoms with Gasteiger partial charge in [0.25, 0.3) is 0 Å². The SMILES string of the molecule is CCc1cc(N2CCN[C@@H](C(=O)NCc3ccncc3)C2)nc(N(C)C)n1. The zero-order valence-electron chi connectivity index (χ0n) is 16.1. The lowest BCUT2D eigenvalue weighted by molar-refractivity contribution is -0.123. The van der Waals surface area contributed by atoms with E-state index in [1.165, 1.54) is 0 Å². The Bertz CT molecular complexity index is 766. The number of carbonyl (C=O) groups excluding carboxylic acids is 1. The van der Waals surface area contributed by atoms with Crippen molar-refractivity contribution in [3.05, 3.63) is 41.9 Å².